The van der Waals surface area contributed by atoms with Crippen molar-refractivity contribution in [2.24, 2.45) is 10.9 Å². The smallest absolute Gasteiger partial charge is 0.0587 e. The molecule has 1 fully saturated rings. The first-order valence-electron chi connectivity index (χ1n) is 5.38. The van der Waals surface area contributed by atoms with Gasteiger partial charge in [0.1, 0.15) is 0 Å². The molecule has 0 aromatic carbocycles. The molecule has 2 heteroatoms. The van der Waals surface area contributed by atoms with Gasteiger partial charge in [-0.05, 0) is 39.1 Å². The van der Waals surface area contributed by atoms with Crippen molar-refractivity contribution in [2.75, 3.05) is 20.1 Å². The zero-order valence-electron chi connectivity index (χ0n) is 8.87. The standard InChI is InChI=1S/C12H18N2/c1-3-11-4-5-12(13-11)10-6-8-14(2)9-7-10/h3-4,10H,1,5-9H2,2H3. The Morgan fingerprint density at radius 2 is 2.21 bits per heavy atom. The summed E-state index contributed by atoms with van der Waals surface area (Å²) >= 11 is 0. The highest BCUT2D eigenvalue weighted by atomic mass is 15.1. The highest BCUT2D eigenvalue weighted by Crippen LogP contribution is 2.24. The van der Waals surface area contributed by atoms with E-state index in [2.05, 4.69) is 29.6 Å². The fourth-order valence-electron chi connectivity index (χ4n) is 2.19. The van der Waals surface area contributed by atoms with Crippen molar-refractivity contribution >= 4 is 5.71 Å². The van der Waals surface area contributed by atoms with Gasteiger partial charge in [0.15, 0.2) is 0 Å². The van der Waals surface area contributed by atoms with Gasteiger partial charge in [-0.2, -0.15) is 0 Å². The molecule has 14 heavy (non-hydrogen) atoms. The summed E-state index contributed by atoms with van der Waals surface area (Å²) < 4.78 is 0. The second-order valence-electron chi connectivity index (χ2n) is 4.22. The van der Waals surface area contributed by atoms with Crippen molar-refractivity contribution in [1.29, 1.82) is 0 Å². The van der Waals surface area contributed by atoms with Gasteiger partial charge in [-0.1, -0.05) is 12.7 Å². The van der Waals surface area contributed by atoms with Crippen LogP contribution in [0.4, 0.5) is 0 Å². The van der Waals surface area contributed by atoms with Gasteiger partial charge in [-0.25, -0.2) is 0 Å². The van der Waals surface area contributed by atoms with Gasteiger partial charge in [0, 0.05) is 18.1 Å². The number of aliphatic imine (C=N–C) groups is 1. The Morgan fingerprint density at radius 1 is 1.50 bits per heavy atom. The summed E-state index contributed by atoms with van der Waals surface area (Å²) in [5.74, 6) is 0.722. The van der Waals surface area contributed by atoms with E-state index in [9.17, 15) is 0 Å². The van der Waals surface area contributed by atoms with Crippen LogP contribution in [0.3, 0.4) is 0 Å². The van der Waals surface area contributed by atoms with Gasteiger partial charge in [-0.3, -0.25) is 4.99 Å². The van der Waals surface area contributed by atoms with Crippen molar-refractivity contribution in [3.63, 3.8) is 0 Å². The van der Waals surface area contributed by atoms with Crippen LogP contribution in [-0.2, 0) is 0 Å². The molecular weight excluding hydrogens is 172 g/mol. The zero-order chi connectivity index (χ0) is 9.97. The van der Waals surface area contributed by atoms with Crippen LogP contribution in [0.1, 0.15) is 19.3 Å². The van der Waals surface area contributed by atoms with E-state index < -0.39 is 0 Å². The summed E-state index contributed by atoms with van der Waals surface area (Å²) in [4.78, 5) is 6.99. The first kappa shape index (κ1) is 9.66. The van der Waals surface area contributed by atoms with Crippen LogP contribution in [0.5, 0.6) is 0 Å². The van der Waals surface area contributed by atoms with Crippen LogP contribution in [0.25, 0.3) is 0 Å². The Hall–Kier alpha value is -0.890. The van der Waals surface area contributed by atoms with Crippen LogP contribution in [0.2, 0.25) is 0 Å². The number of hydrogen-bond donors (Lipinski definition) is 0. The quantitative estimate of drug-likeness (QED) is 0.652. The molecule has 0 unspecified atom stereocenters. The highest BCUT2D eigenvalue weighted by molar-refractivity contribution is 5.91. The Morgan fingerprint density at radius 3 is 2.79 bits per heavy atom. The summed E-state index contributed by atoms with van der Waals surface area (Å²) in [6, 6.07) is 0. The number of allylic oxidation sites excluding steroid dienone is 2. The maximum atomic E-state index is 4.60. The number of rotatable bonds is 2. The molecule has 2 aliphatic rings. The summed E-state index contributed by atoms with van der Waals surface area (Å²) in [6.07, 6.45) is 7.62. The molecule has 0 spiro atoms. The molecule has 2 nitrogen and oxygen atoms in total. The van der Waals surface area contributed by atoms with Gasteiger partial charge in [0.2, 0.25) is 0 Å². The lowest BCUT2D eigenvalue weighted by Gasteiger charge is -2.28. The lowest BCUT2D eigenvalue weighted by atomic mass is 9.91. The largest absolute Gasteiger partial charge is 0.306 e. The SMILES string of the molecule is C=CC1=CCC(C2CCN(C)CC2)=N1. The molecule has 0 aromatic heterocycles. The van der Waals surface area contributed by atoms with E-state index in [1.54, 1.807) is 0 Å². The third-order valence-electron chi connectivity index (χ3n) is 3.19. The number of piperidine rings is 1. The maximum absolute atomic E-state index is 4.60. The minimum atomic E-state index is 0.722. The van der Waals surface area contributed by atoms with Crippen molar-refractivity contribution in [3.8, 4) is 0 Å². The van der Waals surface area contributed by atoms with E-state index in [0.717, 1.165) is 18.0 Å². The number of nitrogens with zero attached hydrogens (tertiary/aromatic N) is 2. The minimum Gasteiger partial charge on any atom is -0.306 e. The van der Waals surface area contributed by atoms with Crippen molar-refractivity contribution in [1.82, 2.24) is 4.90 Å². The zero-order valence-corrected chi connectivity index (χ0v) is 8.87. The van der Waals surface area contributed by atoms with Gasteiger partial charge in [0.25, 0.3) is 0 Å². The summed E-state index contributed by atoms with van der Waals surface area (Å²) in [5.41, 5.74) is 2.45. The van der Waals surface area contributed by atoms with Gasteiger partial charge in [0.05, 0.1) is 5.70 Å². The molecule has 0 saturated carbocycles. The monoisotopic (exact) mass is 190 g/mol. The average Bonchev–Trinajstić information content (AvgIpc) is 2.67. The topological polar surface area (TPSA) is 15.6 Å². The summed E-state index contributed by atoms with van der Waals surface area (Å²) in [5, 5.41) is 0. The third kappa shape index (κ3) is 1.95. The van der Waals surface area contributed by atoms with E-state index in [-0.39, 0.29) is 0 Å². The molecule has 2 heterocycles. The van der Waals surface area contributed by atoms with E-state index in [1.165, 1.54) is 31.6 Å². The lowest BCUT2D eigenvalue weighted by Crippen LogP contribution is -2.33. The van der Waals surface area contributed by atoms with Gasteiger partial charge < -0.3 is 4.90 Å². The Balaban J connectivity index is 1.95. The Labute approximate surface area is 86.0 Å². The molecule has 2 aliphatic heterocycles. The predicted molar refractivity (Wildman–Crippen MR) is 60.6 cm³/mol. The van der Waals surface area contributed by atoms with Gasteiger partial charge in [-0.15, -0.1) is 0 Å². The Kier molecular flexibility index (Phi) is 2.82. The molecule has 0 atom stereocenters. The molecule has 0 radical (unpaired) electrons. The van der Waals surface area contributed by atoms with E-state index in [1.807, 2.05) is 6.08 Å². The maximum Gasteiger partial charge on any atom is 0.0587 e. The first-order chi connectivity index (χ1) is 6.79. The second kappa shape index (κ2) is 4.09. The van der Waals surface area contributed by atoms with E-state index in [4.69, 9.17) is 0 Å². The minimum absolute atomic E-state index is 0.722. The molecule has 2 rings (SSSR count). The van der Waals surface area contributed by atoms with Gasteiger partial charge >= 0.3 is 0 Å². The molecule has 1 saturated heterocycles. The molecule has 0 aromatic rings. The molecule has 0 aliphatic carbocycles. The number of hydrogen-bond acceptors (Lipinski definition) is 2. The van der Waals surface area contributed by atoms with Crippen LogP contribution < -0.4 is 0 Å². The molecule has 0 amide bonds. The second-order valence-corrected chi connectivity index (χ2v) is 4.22. The van der Waals surface area contributed by atoms with Crippen LogP contribution in [-0.4, -0.2) is 30.7 Å². The van der Waals surface area contributed by atoms with Crippen LogP contribution in [0.15, 0.2) is 29.4 Å². The van der Waals surface area contributed by atoms with Crippen LogP contribution in [0, 0.1) is 5.92 Å². The summed E-state index contributed by atoms with van der Waals surface area (Å²) in [6.45, 7) is 6.18. The first-order valence-corrected chi connectivity index (χ1v) is 5.38. The average molecular weight is 190 g/mol. The fraction of sp³-hybridized carbons (Fsp3) is 0.583. The lowest BCUT2D eigenvalue weighted by molar-refractivity contribution is 0.251. The highest BCUT2D eigenvalue weighted by Gasteiger charge is 2.22. The van der Waals surface area contributed by atoms with E-state index >= 15 is 0 Å². The predicted octanol–water partition coefficient (Wildman–Crippen LogP) is 2.24. The molecule has 76 valence electrons. The van der Waals surface area contributed by atoms with Crippen molar-refractivity contribution < 1.29 is 0 Å². The molecule has 0 bridgehead atoms. The van der Waals surface area contributed by atoms with E-state index in [0.29, 0.717) is 0 Å². The Bertz CT molecular complexity index is 281. The molecular formula is C12H18N2. The third-order valence-corrected chi connectivity index (χ3v) is 3.19. The fourth-order valence-corrected chi connectivity index (χ4v) is 2.19. The molecule has 0 N–H and O–H groups in total. The summed E-state index contributed by atoms with van der Waals surface area (Å²) in [7, 11) is 2.19. The van der Waals surface area contributed by atoms with Crippen molar-refractivity contribution in [2.45, 2.75) is 19.3 Å². The van der Waals surface area contributed by atoms with Crippen LogP contribution >= 0.6 is 0 Å². The number of likely N-dealkylation sites (tertiary alicyclic amines) is 1. The van der Waals surface area contributed by atoms with Crippen molar-refractivity contribution in [3.05, 3.63) is 24.4 Å². The normalized spacial score (nSPS) is 24.6.